The zero-order chi connectivity index (χ0) is 13.0. The van der Waals surface area contributed by atoms with Crippen molar-refractivity contribution in [2.75, 3.05) is 11.4 Å². The van der Waals surface area contributed by atoms with E-state index >= 15 is 0 Å². The fraction of sp³-hybridized carbons (Fsp3) is 0.200. The van der Waals surface area contributed by atoms with Gasteiger partial charge >= 0.3 is 0 Å². The molecule has 2 aromatic carbocycles. The Morgan fingerprint density at radius 1 is 1.11 bits per heavy atom. The summed E-state index contributed by atoms with van der Waals surface area (Å²) in [5.41, 5.74) is 1.81. The average molecular weight is 308 g/mol. The van der Waals surface area contributed by atoms with Crippen LogP contribution in [-0.2, 0) is 6.54 Å². The molecule has 0 heterocycles. The predicted octanol–water partition coefficient (Wildman–Crippen LogP) is 4.61. The van der Waals surface area contributed by atoms with Crippen LogP contribution >= 0.6 is 15.9 Å². The number of halogens is 2. The van der Waals surface area contributed by atoms with E-state index in [2.05, 4.69) is 22.0 Å². The van der Waals surface area contributed by atoms with Crippen molar-refractivity contribution in [3.63, 3.8) is 0 Å². The molecular weight excluding hydrogens is 293 g/mol. The Morgan fingerprint density at radius 2 is 1.89 bits per heavy atom. The Hall–Kier alpha value is -1.35. The van der Waals surface area contributed by atoms with Gasteiger partial charge in [0, 0.05) is 17.6 Å². The number of para-hydroxylation sites is 1. The second-order valence-corrected chi connectivity index (χ2v) is 5.01. The summed E-state index contributed by atoms with van der Waals surface area (Å²) >= 11 is 3.45. The maximum atomic E-state index is 13.8. The minimum absolute atomic E-state index is 0.172. The highest BCUT2D eigenvalue weighted by atomic mass is 79.9. The molecule has 18 heavy (non-hydrogen) atoms. The van der Waals surface area contributed by atoms with Gasteiger partial charge in [0.1, 0.15) is 5.82 Å². The molecule has 2 rings (SSSR count). The highest BCUT2D eigenvalue weighted by Gasteiger charge is 2.09. The lowest BCUT2D eigenvalue weighted by atomic mass is 10.2. The van der Waals surface area contributed by atoms with Gasteiger partial charge in [0.15, 0.2) is 0 Å². The van der Waals surface area contributed by atoms with Crippen molar-refractivity contribution < 1.29 is 4.39 Å². The standard InChI is InChI=1S/C15H15BrFN/c1-2-18(15-9-4-3-8-14(15)17)11-12-6-5-7-13(16)10-12/h3-10H,2,11H2,1H3. The third kappa shape index (κ3) is 3.10. The van der Waals surface area contributed by atoms with Crippen LogP contribution in [0.1, 0.15) is 12.5 Å². The van der Waals surface area contributed by atoms with Gasteiger partial charge < -0.3 is 4.90 Å². The van der Waals surface area contributed by atoms with Crippen LogP contribution in [0.5, 0.6) is 0 Å². The van der Waals surface area contributed by atoms with Crippen LogP contribution in [0, 0.1) is 5.82 Å². The molecule has 0 aliphatic heterocycles. The number of benzene rings is 2. The van der Waals surface area contributed by atoms with Crippen LogP contribution in [0.4, 0.5) is 10.1 Å². The average Bonchev–Trinajstić information content (AvgIpc) is 2.37. The van der Waals surface area contributed by atoms with E-state index in [1.54, 1.807) is 6.07 Å². The third-order valence-corrected chi connectivity index (χ3v) is 3.33. The Bertz CT molecular complexity index is 527. The minimum Gasteiger partial charge on any atom is -0.365 e. The summed E-state index contributed by atoms with van der Waals surface area (Å²) in [6.45, 7) is 3.51. The molecule has 94 valence electrons. The quantitative estimate of drug-likeness (QED) is 0.797. The first-order chi connectivity index (χ1) is 8.70. The van der Waals surface area contributed by atoms with Gasteiger partial charge in [0.2, 0.25) is 0 Å². The predicted molar refractivity (Wildman–Crippen MR) is 77.3 cm³/mol. The van der Waals surface area contributed by atoms with Crippen LogP contribution in [0.25, 0.3) is 0 Å². The normalized spacial score (nSPS) is 10.4. The van der Waals surface area contributed by atoms with Gasteiger partial charge in [0.25, 0.3) is 0 Å². The fourth-order valence-corrected chi connectivity index (χ4v) is 2.38. The van der Waals surface area contributed by atoms with Gasteiger partial charge in [0.05, 0.1) is 5.69 Å². The van der Waals surface area contributed by atoms with Crippen molar-refractivity contribution in [3.05, 3.63) is 64.4 Å². The van der Waals surface area contributed by atoms with E-state index in [9.17, 15) is 4.39 Å². The summed E-state index contributed by atoms with van der Waals surface area (Å²) in [6, 6.07) is 15.0. The molecule has 0 N–H and O–H groups in total. The molecule has 0 fully saturated rings. The van der Waals surface area contributed by atoms with Crippen LogP contribution in [0.2, 0.25) is 0 Å². The first kappa shape index (κ1) is 13.1. The largest absolute Gasteiger partial charge is 0.365 e. The summed E-state index contributed by atoms with van der Waals surface area (Å²) in [7, 11) is 0. The lowest BCUT2D eigenvalue weighted by Crippen LogP contribution is -2.22. The zero-order valence-electron chi connectivity index (χ0n) is 10.2. The summed E-state index contributed by atoms with van der Waals surface area (Å²) < 4.78 is 14.8. The third-order valence-electron chi connectivity index (χ3n) is 2.84. The lowest BCUT2D eigenvalue weighted by Gasteiger charge is -2.23. The Labute approximate surface area is 115 Å². The van der Waals surface area contributed by atoms with Crippen molar-refractivity contribution in [1.82, 2.24) is 0 Å². The molecule has 1 nitrogen and oxygen atoms in total. The van der Waals surface area contributed by atoms with Crippen LogP contribution in [0.15, 0.2) is 53.0 Å². The van der Waals surface area contributed by atoms with Crippen LogP contribution < -0.4 is 4.90 Å². The maximum absolute atomic E-state index is 13.8. The highest BCUT2D eigenvalue weighted by Crippen LogP contribution is 2.21. The van der Waals surface area contributed by atoms with Gasteiger partial charge in [-0.3, -0.25) is 0 Å². The Balaban J connectivity index is 2.23. The molecular formula is C15H15BrFN. The molecule has 0 spiro atoms. The van der Waals surface area contributed by atoms with Crippen molar-refractivity contribution >= 4 is 21.6 Å². The molecule has 3 heteroatoms. The number of hydrogen-bond acceptors (Lipinski definition) is 1. The van der Waals surface area contributed by atoms with E-state index in [1.807, 2.05) is 42.2 Å². The number of nitrogens with zero attached hydrogens (tertiary/aromatic N) is 1. The van der Waals surface area contributed by atoms with Crippen LogP contribution in [0.3, 0.4) is 0 Å². The molecule has 0 amide bonds. The highest BCUT2D eigenvalue weighted by molar-refractivity contribution is 9.10. The minimum atomic E-state index is -0.172. The second kappa shape index (κ2) is 6.01. The summed E-state index contributed by atoms with van der Waals surface area (Å²) in [5, 5.41) is 0. The summed E-state index contributed by atoms with van der Waals surface area (Å²) in [5.74, 6) is -0.172. The van der Waals surface area contributed by atoms with Gasteiger partial charge in [-0.25, -0.2) is 4.39 Å². The van der Waals surface area contributed by atoms with Crippen molar-refractivity contribution in [2.45, 2.75) is 13.5 Å². The molecule has 0 aromatic heterocycles. The molecule has 0 aliphatic rings. The van der Waals surface area contributed by atoms with E-state index < -0.39 is 0 Å². The first-order valence-electron chi connectivity index (χ1n) is 5.94. The van der Waals surface area contributed by atoms with E-state index in [0.717, 1.165) is 16.6 Å². The van der Waals surface area contributed by atoms with Gasteiger partial charge in [-0.05, 0) is 36.8 Å². The van der Waals surface area contributed by atoms with Gasteiger partial charge in [-0.1, -0.05) is 40.2 Å². The van der Waals surface area contributed by atoms with Gasteiger partial charge in [-0.2, -0.15) is 0 Å². The Morgan fingerprint density at radius 3 is 2.56 bits per heavy atom. The van der Waals surface area contributed by atoms with E-state index in [1.165, 1.54) is 6.07 Å². The second-order valence-electron chi connectivity index (χ2n) is 4.10. The number of rotatable bonds is 4. The van der Waals surface area contributed by atoms with Gasteiger partial charge in [-0.15, -0.1) is 0 Å². The number of hydrogen-bond donors (Lipinski definition) is 0. The summed E-state index contributed by atoms with van der Waals surface area (Å²) in [6.07, 6.45) is 0. The molecule has 2 aromatic rings. The van der Waals surface area contributed by atoms with E-state index in [4.69, 9.17) is 0 Å². The summed E-state index contributed by atoms with van der Waals surface area (Å²) in [4.78, 5) is 2.02. The molecule has 0 unspecified atom stereocenters. The van der Waals surface area contributed by atoms with Crippen molar-refractivity contribution in [1.29, 1.82) is 0 Å². The molecule has 0 saturated heterocycles. The molecule has 0 aliphatic carbocycles. The topological polar surface area (TPSA) is 3.24 Å². The zero-order valence-corrected chi connectivity index (χ0v) is 11.8. The Kier molecular flexibility index (Phi) is 4.37. The van der Waals surface area contributed by atoms with Crippen LogP contribution in [-0.4, -0.2) is 6.54 Å². The van der Waals surface area contributed by atoms with E-state index in [0.29, 0.717) is 12.2 Å². The smallest absolute Gasteiger partial charge is 0.146 e. The maximum Gasteiger partial charge on any atom is 0.146 e. The monoisotopic (exact) mass is 307 g/mol. The molecule has 0 radical (unpaired) electrons. The first-order valence-corrected chi connectivity index (χ1v) is 6.74. The molecule has 0 atom stereocenters. The SMILES string of the molecule is CCN(Cc1cccc(Br)c1)c1ccccc1F. The molecule has 0 saturated carbocycles. The van der Waals surface area contributed by atoms with Crippen molar-refractivity contribution in [3.8, 4) is 0 Å². The van der Waals surface area contributed by atoms with E-state index in [-0.39, 0.29) is 5.82 Å². The van der Waals surface area contributed by atoms with Crippen molar-refractivity contribution in [2.24, 2.45) is 0 Å². The number of anilines is 1. The fourth-order valence-electron chi connectivity index (χ4n) is 1.93. The lowest BCUT2D eigenvalue weighted by molar-refractivity contribution is 0.618. The molecule has 0 bridgehead atoms.